The first-order chi connectivity index (χ1) is 24.2. The molecular weight excluding hydrogens is 744 g/mol. The summed E-state index contributed by atoms with van der Waals surface area (Å²) in [7, 11) is 0. The minimum Gasteiger partial charge on any atom is -0.462 e. The topological polar surface area (TPSA) is 26.3 Å². The normalized spacial score (nSPS) is 35.0. The lowest BCUT2D eigenvalue weighted by Gasteiger charge is -2.65. The van der Waals surface area contributed by atoms with Gasteiger partial charge in [0.25, 0.3) is 0 Å². The van der Waals surface area contributed by atoms with Gasteiger partial charge in [-0.1, -0.05) is 194 Å². The van der Waals surface area contributed by atoms with E-state index in [1.54, 1.807) is 0 Å². The van der Waals surface area contributed by atoms with Crippen molar-refractivity contribution in [2.45, 2.75) is 248 Å². The molecule has 0 unspecified atom stereocenters. The van der Waals surface area contributed by atoms with Crippen LogP contribution in [0.2, 0.25) is 0 Å². The average Bonchev–Trinajstić information content (AvgIpc) is 3.43. The molecule has 9 atom stereocenters. The van der Waals surface area contributed by atoms with Crippen molar-refractivity contribution < 1.29 is 9.53 Å². The van der Waals surface area contributed by atoms with Crippen LogP contribution in [0.3, 0.4) is 0 Å². The Balaban J connectivity index is 1.11. The number of carbonyl (C=O) groups is 1. The van der Waals surface area contributed by atoms with Gasteiger partial charge in [-0.2, -0.15) is 0 Å². The van der Waals surface area contributed by atoms with Gasteiger partial charge in [0, 0.05) is 22.0 Å². The summed E-state index contributed by atoms with van der Waals surface area (Å²) in [6.45, 7) is 9.95. The van der Waals surface area contributed by atoms with Crippen LogP contribution in [-0.4, -0.2) is 21.2 Å². The van der Waals surface area contributed by atoms with Crippen molar-refractivity contribution in [1.82, 2.24) is 0 Å². The number of hydrogen-bond donors (Lipinski definition) is 0. The number of esters is 1. The molecule has 0 spiro atoms. The van der Waals surface area contributed by atoms with Crippen molar-refractivity contribution in [2.24, 2.45) is 34.5 Å². The lowest BCUT2D eigenvalue weighted by Crippen LogP contribution is -2.64. The van der Waals surface area contributed by atoms with Gasteiger partial charge in [0.15, 0.2) is 0 Å². The third-order valence-electron chi connectivity index (χ3n) is 15.3. The highest BCUT2D eigenvalue weighted by Crippen LogP contribution is 2.71. The second-order valence-corrected chi connectivity index (χ2v) is 21.2. The zero-order valence-electron chi connectivity index (χ0n) is 33.7. The second-order valence-electron chi connectivity index (χ2n) is 18.6. The number of carbonyl (C=O) groups excluding carboxylic acids is 1. The molecule has 0 aromatic carbocycles. The van der Waals surface area contributed by atoms with Crippen LogP contribution in [0.5, 0.6) is 0 Å². The van der Waals surface area contributed by atoms with E-state index >= 15 is 0 Å². The monoisotopic (exact) mass is 824 g/mol. The molecule has 292 valence electrons. The van der Waals surface area contributed by atoms with Gasteiger partial charge in [-0.3, -0.25) is 4.79 Å². The highest BCUT2D eigenvalue weighted by Gasteiger charge is 2.66. The van der Waals surface area contributed by atoms with Crippen LogP contribution >= 0.6 is 31.9 Å². The molecule has 4 aliphatic carbocycles. The van der Waals surface area contributed by atoms with Gasteiger partial charge in [0.2, 0.25) is 0 Å². The van der Waals surface area contributed by atoms with Crippen molar-refractivity contribution in [3.05, 3.63) is 0 Å². The van der Waals surface area contributed by atoms with E-state index in [1.807, 2.05) is 0 Å². The maximum Gasteiger partial charge on any atom is 0.306 e. The third kappa shape index (κ3) is 11.5. The lowest BCUT2D eigenvalue weighted by molar-refractivity contribution is -0.157. The lowest BCUT2D eigenvalue weighted by atomic mass is 9.44. The number of alkyl halides is 2. The molecule has 4 aliphatic rings. The fourth-order valence-corrected chi connectivity index (χ4v) is 14.2. The van der Waals surface area contributed by atoms with Crippen LogP contribution < -0.4 is 0 Å². The molecule has 0 saturated heterocycles. The molecule has 2 nitrogen and oxygen atoms in total. The first-order valence-corrected chi connectivity index (χ1v) is 24.4. The van der Waals surface area contributed by atoms with Crippen LogP contribution in [0.25, 0.3) is 0 Å². The third-order valence-corrected chi connectivity index (χ3v) is 18.9. The summed E-state index contributed by atoms with van der Waals surface area (Å²) < 4.78 is 6.25. The number of halogens is 2. The van der Waals surface area contributed by atoms with Crippen molar-refractivity contribution in [3.63, 3.8) is 0 Å². The van der Waals surface area contributed by atoms with Gasteiger partial charge >= 0.3 is 5.97 Å². The van der Waals surface area contributed by atoms with Crippen LogP contribution in [0.1, 0.15) is 233 Å². The van der Waals surface area contributed by atoms with E-state index in [1.165, 1.54) is 180 Å². The summed E-state index contributed by atoms with van der Waals surface area (Å²) in [5.74, 6) is 3.54. The Morgan fingerprint density at radius 1 is 0.640 bits per heavy atom. The first-order valence-electron chi connectivity index (χ1n) is 22.7. The molecule has 4 fully saturated rings. The smallest absolute Gasteiger partial charge is 0.306 e. The molecule has 4 saturated carbocycles. The molecule has 0 aromatic heterocycles. The zero-order valence-corrected chi connectivity index (χ0v) is 36.8. The van der Waals surface area contributed by atoms with E-state index in [4.69, 9.17) is 4.74 Å². The standard InChI is InChI=1S/C46H82Br2O2/c1-5-7-9-11-13-14-15-16-17-18-19-20-21-22-24-26-28-43(49)50-38-31-34-45(4)41-32-33-44(3)37(27-25-23-12-10-8-6-2)29-30-40(44)39(41)35-42(47)46(45,48)36-38/h37-42H,5-36H2,1-4H3/t37-,38-,39-,40-,41-,42-,44+,45+,46-/m0/s1. The average molecular weight is 827 g/mol. The van der Waals surface area contributed by atoms with Gasteiger partial charge in [0.1, 0.15) is 6.10 Å². The van der Waals surface area contributed by atoms with E-state index in [0.717, 1.165) is 42.9 Å². The molecular formula is C46H82Br2O2. The number of ether oxygens (including phenoxy) is 1. The Bertz CT molecular complexity index is 954. The summed E-state index contributed by atoms with van der Waals surface area (Å²) in [5, 5.41) is 0. The molecule has 0 aliphatic heterocycles. The first kappa shape index (κ1) is 43.2. The van der Waals surface area contributed by atoms with Gasteiger partial charge in [-0.25, -0.2) is 0 Å². The van der Waals surface area contributed by atoms with E-state index in [9.17, 15) is 4.79 Å². The molecule has 0 amide bonds. The van der Waals surface area contributed by atoms with Crippen LogP contribution in [0.15, 0.2) is 0 Å². The van der Waals surface area contributed by atoms with Crippen LogP contribution in [-0.2, 0) is 9.53 Å². The van der Waals surface area contributed by atoms with Gasteiger partial charge in [-0.15, -0.1) is 0 Å². The molecule has 50 heavy (non-hydrogen) atoms. The molecule has 0 aromatic rings. The van der Waals surface area contributed by atoms with Crippen molar-refractivity contribution in [1.29, 1.82) is 0 Å². The number of hydrogen-bond acceptors (Lipinski definition) is 2. The van der Waals surface area contributed by atoms with Crippen LogP contribution in [0.4, 0.5) is 0 Å². The van der Waals surface area contributed by atoms with Crippen LogP contribution in [0, 0.1) is 34.5 Å². The van der Waals surface area contributed by atoms with Gasteiger partial charge in [0.05, 0.1) is 0 Å². The minimum atomic E-state index is 0.0167. The highest BCUT2D eigenvalue weighted by atomic mass is 79.9. The second kappa shape index (κ2) is 22.1. The molecule has 0 radical (unpaired) electrons. The summed E-state index contributed by atoms with van der Waals surface area (Å²) in [4.78, 5) is 13.4. The Labute approximate surface area is 328 Å². The number of rotatable bonds is 25. The highest BCUT2D eigenvalue weighted by molar-refractivity contribution is 9.12. The van der Waals surface area contributed by atoms with E-state index < -0.39 is 0 Å². The summed E-state index contributed by atoms with van der Waals surface area (Å²) in [6, 6.07) is 0. The Kier molecular flexibility index (Phi) is 19.1. The summed E-state index contributed by atoms with van der Waals surface area (Å²) in [6.07, 6.45) is 42.7. The van der Waals surface area contributed by atoms with E-state index in [2.05, 4.69) is 59.6 Å². The summed E-state index contributed by atoms with van der Waals surface area (Å²) >= 11 is 8.73. The SMILES string of the molecule is CCCCCCCCCCCCCCCCCCC(=O)O[C@H]1CC[C@]2(C)[C@H]3CC[C@]4(C)[C@@H](CCCCCCCC)CC[C@H]4[C@@H]3C[C@H](Br)[C@@]2(Br)C1. The maximum atomic E-state index is 13.0. The zero-order chi connectivity index (χ0) is 35.9. The molecule has 0 bridgehead atoms. The predicted molar refractivity (Wildman–Crippen MR) is 224 cm³/mol. The fraction of sp³-hybridized carbons (Fsp3) is 0.978. The Hall–Kier alpha value is 0.430. The molecule has 4 heteroatoms. The van der Waals surface area contributed by atoms with Gasteiger partial charge < -0.3 is 4.74 Å². The maximum absolute atomic E-state index is 13.0. The number of fused-ring (bicyclic) bond motifs is 5. The molecule has 4 rings (SSSR count). The molecule has 0 N–H and O–H groups in total. The minimum absolute atomic E-state index is 0.0167. The van der Waals surface area contributed by atoms with Crippen molar-refractivity contribution in [2.75, 3.05) is 0 Å². The largest absolute Gasteiger partial charge is 0.462 e. The Morgan fingerprint density at radius 2 is 1.16 bits per heavy atom. The van der Waals surface area contributed by atoms with Crippen molar-refractivity contribution in [3.8, 4) is 0 Å². The van der Waals surface area contributed by atoms with E-state index in [-0.39, 0.29) is 21.8 Å². The van der Waals surface area contributed by atoms with E-state index in [0.29, 0.717) is 16.7 Å². The number of unbranched alkanes of at least 4 members (excludes halogenated alkanes) is 20. The summed E-state index contributed by atoms with van der Waals surface area (Å²) in [5.41, 5.74) is 0.818. The van der Waals surface area contributed by atoms with Gasteiger partial charge in [-0.05, 0) is 92.3 Å². The van der Waals surface area contributed by atoms with Crippen molar-refractivity contribution >= 4 is 37.8 Å². The Morgan fingerprint density at radius 3 is 1.72 bits per heavy atom. The molecule has 0 heterocycles. The quantitative estimate of drug-likeness (QED) is 0.0521. The fourth-order valence-electron chi connectivity index (χ4n) is 12.1. The predicted octanol–water partition coefficient (Wildman–Crippen LogP) is 15.9.